The molecule has 0 saturated heterocycles. The number of amides is 2. The minimum atomic E-state index is -0.923. The molecule has 134 valence electrons. The van der Waals surface area contributed by atoms with Gasteiger partial charge in [0.1, 0.15) is 5.56 Å². The molecular weight excluding hydrogens is 312 g/mol. The van der Waals surface area contributed by atoms with Crippen LogP contribution in [0.5, 0.6) is 0 Å². The van der Waals surface area contributed by atoms with E-state index < -0.39 is 17.2 Å². The van der Waals surface area contributed by atoms with Crippen LogP contribution in [-0.4, -0.2) is 27.4 Å². The number of H-pyrrole nitrogens is 1. The Morgan fingerprint density at radius 2 is 1.92 bits per heavy atom. The summed E-state index contributed by atoms with van der Waals surface area (Å²) in [5.41, 5.74) is 3.26. The topological polar surface area (TPSA) is 127 Å². The minimum absolute atomic E-state index is 0.0560. The molecular formula is C16H26N4O4. The number of nitrogens with one attached hydrogen (secondary N) is 2. The number of nitrogens with zero attached hydrogens (tertiary/aromatic N) is 1. The van der Waals surface area contributed by atoms with Crippen molar-refractivity contribution in [2.75, 3.05) is 0 Å². The summed E-state index contributed by atoms with van der Waals surface area (Å²) in [5.74, 6) is -0.474. The Morgan fingerprint density at radius 1 is 1.25 bits per heavy atom. The number of aryl methyl sites for hydroxylation is 1. The SMILES string of the molecule is CC(C)CCCC(C)NC(=O)CCn1cc(C(N)=O)c(=O)[nH]c1=O. The summed E-state index contributed by atoms with van der Waals surface area (Å²) >= 11 is 0. The summed E-state index contributed by atoms with van der Waals surface area (Å²) in [6, 6.07) is 0.0599. The highest BCUT2D eigenvalue weighted by Gasteiger charge is 2.12. The lowest BCUT2D eigenvalue weighted by molar-refractivity contribution is -0.121. The lowest BCUT2D eigenvalue weighted by atomic mass is 10.0. The van der Waals surface area contributed by atoms with Crippen molar-refractivity contribution >= 4 is 11.8 Å². The van der Waals surface area contributed by atoms with E-state index in [4.69, 9.17) is 5.73 Å². The van der Waals surface area contributed by atoms with E-state index in [9.17, 15) is 19.2 Å². The number of aromatic amines is 1. The molecule has 0 aromatic carbocycles. The fourth-order valence-electron chi connectivity index (χ4n) is 2.32. The molecule has 8 heteroatoms. The molecule has 4 N–H and O–H groups in total. The number of carbonyl (C=O) groups is 2. The monoisotopic (exact) mass is 338 g/mol. The maximum Gasteiger partial charge on any atom is 0.328 e. The van der Waals surface area contributed by atoms with Crippen LogP contribution in [0.2, 0.25) is 0 Å². The van der Waals surface area contributed by atoms with Crippen molar-refractivity contribution in [2.45, 2.75) is 59.0 Å². The molecule has 0 bridgehead atoms. The van der Waals surface area contributed by atoms with Crippen molar-refractivity contribution in [3.63, 3.8) is 0 Å². The average molecular weight is 338 g/mol. The van der Waals surface area contributed by atoms with E-state index >= 15 is 0 Å². The number of primary amides is 1. The summed E-state index contributed by atoms with van der Waals surface area (Å²) in [4.78, 5) is 48.2. The molecule has 24 heavy (non-hydrogen) atoms. The van der Waals surface area contributed by atoms with Gasteiger partial charge in [0.15, 0.2) is 0 Å². The van der Waals surface area contributed by atoms with Crippen LogP contribution in [-0.2, 0) is 11.3 Å². The summed E-state index contributed by atoms with van der Waals surface area (Å²) in [5, 5.41) is 2.87. The zero-order valence-electron chi connectivity index (χ0n) is 14.4. The summed E-state index contributed by atoms with van der Waals surface area (Å²) < 4.78 is 1.10. The quantitative estimate of drug-likeness (QED) is 0.600. The molecule has 1 atom stereocenters. The third-order valence-corrected chi connectivity index (χ3v) is 3.68. The molecule has 1 aromatic rings. The third kappa shape index (κ3) is 6.39. The van der Waals surface area contributed by atoms with Crippen molar-refractivity contribution in [3.8, 4) is 0 Å². The van der Waals surface area contributed by atoms with Gasteiger partial charge in [0, 0.05) is 25.2 Å². The molecule has 0 aliphatic heterocycles. The number of hydrogen-bond donors (Lipinski definition) is 3. The van der Waals surface area contributed by atoms with Gasteiger partial charge in [-0.05, 0) is 19.3 Å². The van der Waals surface area contributed by atoms with Crippen LogP contribution in [0, 0.1) is 5.92 Å². The second kappa shape index (κ2) is 9.05. The van der Waals surface area contributed by atoms with Crippen molar-refractivity contribution in [3.05, 3.63) is 32.6 Å². The molecule has 0 aliphatic carbocycles. The minimum Gasteiger partial charge on any atom is -0.365 e. The predicted octanol–water partition coefficient (Wildman–Crippen LogP) is 0.357. The standard InChI is InChI=1S/C16H26N4O4/c1-10(2)5-4-6-11(3)18-13(21)7-8-20-9-12(14(17)22)15(23)19-16(20)24/h9-11H,4-8H2,1-3H3,(H2,17,22)(H,18,21)(H,19,23,24). The van der Waals surface area contributed by atoms with Crippen LogP contribution in [0.1, 0.15) is 56.8 Å². The second-order valence-corrected chi connectivity index (χ2v) is 6.40. The zero-order valence-corrected chi connectivity index (χ0v) is 14.4. The highest BCUT2D eigenvalue weighted by atomic mass is 16.2. The maximum absolute atomic E-state index is 11.9. The number of carbonyl (C=O) groups excluding carboxylic acids is 2. The first kappa shape index (κ1) is 19.7. The van der Waals surface area contributed by atoms with E-state index in [1.54, 1.807) is 0 Å². The predicted molar refractivity (Wildman–Crippen MR) is 90.8 cm³/mol. The third-order valence-electron chi connectivity index (χ3n) is 3.68. The van der Waals surface area contributed by atoms with Gasteiger partial charge in [-0.2, -0.15) is 0 Å². The number of nitrogens with two attached hydrogens (primary N) is 1. The molecule has 1 aromatic heterocycles. The first-order valence-corrected chi connectivity index (χ1v) is 8.13. The van der Waals surface area contributed by atoms with Gasteiger partial charge in [0.25, 0.3) is 11.5 Å². The van der Waals surface area contributed by atoms with Gasteiger partial charge in [-0.3, -0.25) is 23.9 Å². The largest absolute Gasteiger partial charge is 0.365 e. The summed E-state index contributed by atoms with van der Waals surface area (Å²) in [6.07, 6.45) is 4.21. The van der Waals surface area contributed by atoms with Crippen molar-refractivity contribution < 1.29 is 9.59 Å². The van der Waals surface area contributed by atoms with E-state index in [-0.39, 0.29) is 30.5 Å². The maximum atomic E-state index is 11.9. The van der Waals surface area contributed by atoms with Crippen LogP contribution in [0.15, 0.2) is 15.8 Å². The smallest absolute Gasteiger partial charge is 0.328 e. The van der Waals surface area contributed by atoms with Gasteiger partial charge in [0.05, 0.1) is 0 Å². The van der Waals surface area contributed by atoms with Crippen LogP contribution >= 0.6 is 0 Å². The Balaban J connectivity index is 2.55. The zero-order chi connectivity index (χ0) is 18.3. The van der Waals surface area contributed by atoms with Crippen LogP contribution in [0.4, 0.5) is 0 Å². The molecule has 2 amide bonds. The summed E-state index contributed by atoms with van der Waals surface area (Å²) in [6.45, 7) is 6.31. The van der Waals surface area contributed by atoms with Crippen LogP contribution in [0.3, 0.4) is 0 Å². The molecule has 0 aliphatic rings. The van der Waals surface area contributed by atoms with E-state index in [0.29, 0.717) is 5.92 Å². The number of rotatable bonds is 9. The number of hydrogen-bond acceptors (Lipinski definition) is 4. The molecule has 1 heterocycles. The van der Waals surface area contributed by atoms with Gasteiger partial charge in [-0.25, -0.2) is 4.79 Å². The highest BCUT2D eigenvalue weighted by molar-refractivity contribution is 5.91. The normalized spacial score (nSPS) is 12.2. The van der Waals surface area contributed by atoms with E-state index in [1.165, 1.54) is 0 Å². The van der Waals surface area contributed by atoms with E-state index in [0.717, 1.165) is 30.0 Å². The highest BCUT2D eigenvalue weighted by Crippen LogP contribution is 2.08. The second-order valence-electron chi connectivity index (χ2n) is 6.40. The van der Waals surface area contributed by atoms with Gasteiger partial charge in [-0.1, -0.05) is 26.7 Å². The van der Waals surface area contributed by atoms with Gasteiger partial charge < -0.3 is 11.1 Å². The lowest BCUT2D eigenvalue weighted by Gasteiger charge is -2.15. The molecule has 0 spiro atoms. The Bertz CT molecular complexity index is 690. The first-order chi connectivity index (χ1) is 11.2. The Kier molecular flexibility index (Phi) is 7.41. The molecule has 0 saturated carbocycles. The van der Waals surface area contributed by atoms with Crippen molar-refractivity contribution in [1.82, 2.24) is 14.9 Å². The molecule has 0 fully saturated rings. The number of aromatic nitrogens is 2. The van der Waals surface area contributed by atoms with Gasteiger partial charge >= 0.3 is 5.69 Å². The fraction of sp³-hybridized carbons (Fsp3) is 0.625. The van der Waals surface area contributed by atoms with Gasteiger partial charge in [-0.15, -0.1) is 0 Å². The molecule has 0 radical (unpaired) electrons. The van der Waals surface area contributed by atoms with Crippen molar-refractivity contribution in [1.29, 1.82) is 0 Å². The van der Waals surface area contributed by atoms with Crippen molar-refractivity contribution in [2.24, 2.45) is 11.7 Å². The van der Waals surface area contributed by atoms with E-state index in [2.05, 4.69) is 19.2 Å². The summed E-state index contributed by atoms with van der Waals surface area (Å²) in [7, 11) is 0. The van der Waals surface area contributed by atoms with E-state index in [1.807, 2.05) is 11.9 Å². The molecule has 8 nitrogen and oxygen atoms in total. The first-order valence-electron chi connectivity index (χ1n) is 8.13. The van der Waals surface area contributed by atoms with Gasteiger partial charge in [0.2, 0.25) is 5.91 Å². The Labute approximate surface area is 140 Å². The molecule has 1 unspecified atom stereocenters. The lowest BCUT2D eigenvalue weighted by Crippen LogP contribution is -2.37. The Morgan fingerprint density at radius 3 is 2.50 bits per heavy atom. The van der Waals surface area contributed by atoms with Crippen LogP contribution < -0.4 is 22.3 Å². The van der Waals surface area contributed by atoms with Crippen LogP contribution in [0.25, 0.3) is 0 Å². The molecule has 1 rings (SSSR count). The fourth-order valence-corrected chi connectivity index (χ4v) is 2.32. The Hall–Kier alpha value is -2.38. The average Bonchev–Trinajstić information content (AvgIpc) is 2.45.